The Hall–Kier alpha value is 38.6. The number of aromatic nitrogens is 4. The second kappa shape index (κ2) is 84.1. The number of hydrogen-bond donors (Lipinski definition) is 1. The molecule has 0 amide bonds. The number of anilines is 2. The number of nitrogens with zero attached hydrogens (tertiary/aromatic N) is 6. The first-order valence-corrected chi connectivity index (χ1v) is 422. The van der Waals surface area contributed by atoms with Gasteiger partial charge in [-0.2, -0.15) is 26.3 Å². The van der Waals surface area contributed by atoms with Crippen LogP contribution in [0, 0.1) is 23.7 Å². The van der Waals surface area contributed by atoms with Gasteiger partial charge in [0.1, 0.15) is 34.2 Å². The number of rotatable bonds is 36. The van der Waals surface area contributed by atoms with Gasteiger partial charge in [-0.15, -0.1) is 0 Å². The molecule has 10 rings (SSSR count). The molecule has 133 heavy (non-hydrogen) atoms. The van der Waals surface area contributed by atoms with Crippen LogP contribution >= 0.6 is 833 Å². The molecule has 2 aliphatic carbocycles. The molecule has 798 valence electrons. The van der Waals surface area contributed by atoms with Crippen molar-refractivity contribution in [1.29, 1.82) is 0 Å². The molecular formula is C55H47F6I63N7O2-. The molecule has 1 N–H and O–H groups in total. The number of hydrogen-bond acceptors (Lipinski definition) is 9. The smallest absolute Gasteiger partial charge is 0.372 e. The minimum Gasteiger partial charge on any atom is -0.372 e. The van der Waals surface area contributed by atoms with Crippen LogP contribution in [0.5, 0.6) is 0 Å². The van der Waals surface area contributed by atoms with Crippen LogP contribution in [0.4, 0.5) is 37.7 Å². The van der Waals surface area contributed by atoms with Gasteiger partial charge in [-0.05, 0) is 103 Å². The van der Waals surface area contributed by atoms with Crippen molar-refractivity contribution in [2.75, 3.05) is 49.1 Å². The second-order valence-corrected chi connectivity index (χ2v) is 1500. The summed E-state index contributed by atoms with van der Waals surface area (Å²) in [6, 6.07) is 26.5. The van der Waals surface area contributed by atoms with Gasteiger partial charge < -0.3 is 15.1 Å². The third-order valence-corrected chi connectivity index (χ3v) is 4890. The average molecular weight is 8950 g/mol. The number of Topliss-reactive ketones (excluding diaryl/α,β-unsaturated/α-hetero) is 2. The monoisotopic (exact) mass is 8950 g/mol. The predicted molar refractivity (Wildman–Crippen MR) is 1120 cm³/mol. The molecule has 2 fully saturated rings. The summed E-state index contributed by atoms with van der Waals surface area (Å²) in [6.45, 7) is 5.81. The number of benzene rings is 4. The predicted octanol–water partition coefficient (Wildman–Crippen LogP) is 61.5. The van der Waals surface area contributed by atoms with E-state index in [1.165, 1.54) is 19.3 Å². The maximum atomic E-state index is 13.6. The summed E-state index contributed by atoms with van der Waals surface area (Å²) in [5.74, 6) is 11.2. The summed E-state index contributed by atoms with van der Waals surface area (Å²) in [6.07, 6.45) is -1.41. The molecule has 0 saturated carbocycles. The molecule has 6 aromatic rings. The number of halogens is 69. The fourth-order valence-corrected chi connectivity index (χ4v) is 12000. The molecule has 4 aromatic carbocycles. The van der Waals surface area contributed by atoms with E-state index in [9.17, 15) is 35.9 Å². The largest absolute Gasteiger partial charge is 0.420 e. The van der Waals surface area contributed by atoms with Crippen molar-refractivity contribution < 1.29 is 49.2 Å². The Balaban J connectivity index is 0.000000262. The van der Waals surface area contributed by atoms with Crippen molar-refractivity contribution in [3.63, 3.8) is 0 Å². The van der Waals surface area contributed by atoms with E-state index >= 15 is 0 Å². The maximum absolute atomic E-state index is 13.6. The number of carbonyl (C=O) groups is 2. The molecule has 78 heteroatoms. The Bertz CT molecular complexity index is 4680. The van der Waals surface area contributed by atoms with E-state index in [0.717, 1.165) is 85.3 Å². The first kappa shape index (κ1) is 157. The van der Waals surface area contributed by atoms with Crippen molar-refractivity contribution in [3.8, 4) is 23.7 Å². The summed E-state index contributed by atoms with van der Waals surface area (Å²) in [4.78, 5) is 45.4. The molecule has 4 heterocycles. The fourth-order valence-electron chi connectivity index (χ4n) is 10.1. The Morgan fingerprint density at radius 3 is 0.880 bits per heavy atom. The van der Waals surface area contributed by atoms with Crippen LogP contribution in [-0.2, 0) is 38.0 Å². The van der Waals surface area contributed by atoms with E-state index < -0.39 is 260 Å². The maximum Gasteiger partial charge on any atom is 0.420 e. The van der Waals surface area contributed by atoms with E-state index in [2.05, 4.69) is 654 Å². The van der Waals surface area contributed by atoms with Gasteiger partial charge in [0.25, 0.3) is 0 Å². The number of nitrogens with one attached hydrogen (secondary N) is 1. The number of alkyl halides is 6. The Morgan fingerprint density at radius 2 is 0.609 bits per heavy atom. The molecule has 0 unspecified atom stereocenters. The van der Waals surface area contributed by atoms with Crippen molar-refractivity contribution in [1.82, 2.24) is 25.3 Å². The summed E-state index contributed by atoms with van der Waals surface area (Å²) >= 11 is 107. The number of fused-ring (bicyclic) bond motifs is 2. The van der Waals surface area contributed by atoms with E-state index in [4.69, 9.17) is 0 Å². The van der Waals surface area contributed by atoms with E-state index in [1.54, 1.807) is 24.3 Å². The summed E-state index contributed by atoms with van der Waals surface area (Å²) < 4.78 is 81.8. The summed E-state index contributed by atoms with van der Waals surface area (Å²) in [5, 5.41) is 3.32. The second-order valence-electron chi connectivity index (χ2n) is 22.5. The van der Waals surface area contributed by atoms with E-state index in [1.807, 2.05) is 60.7 Å². The van der Waals surface area contributed by atoms with Crippen LogP contribution in [-0.4, -0.2) is 70.8 Å². The molecule has 4 aliphatic rings. The van der Waals surface area contributed by atoms with Gasteiger partial charge in [-0.25, -0.2) is 19.9 Å². The average Bonchev–Trinajstić information content (AvgIpc) is 1.77. The topological polar surface area (TPSA) is 104 Å². The van der Waals surface area contributed by atoms with Crippen molar-refractivity contribution in [2.45, 2.75) is 70.1 Å². The molecule has 0 atom stereocenters. The van der Waals surface area contributed by atoms with Gasteiger partial charge in [-0.1, -0.05) is 60.4 Å². The quantitative estimate of drug-likeness (QED) is 0.0234. The van der Waals surface area contributed by atoms with Crippen molar-refractivity contribution >= 4 is 855 Å². The van der Waals surface area contributed by atoms with Crippen LogP contribution in [0.3, 0.4) is 0 Å². The number of carbonyl (C=O) groups excluding carboxylic acids is 2. The molecule has 2 aliphatic heterocycles. The van der Waals surface area contributed by atoms with Crippen LogP contribution in [0.25, 0.3) is 0 Å². The molecule has 0 radical (unpaired) electrons. The Morgan fingerprint density at radius 1 is 0.338 bits per heavy atom. The van der Waals surface area contributed by atoms with Gasteiger partial charge >= 0.3 is 858 Å². The minimum atomic E-state index is -4.64. The standard InChI is InChI=1S/C28H24F3N3O.C27H23F3N4O.I63/c29-28(30,31)23-18-32-26(17-19-7-11-22(12-8-19)34-15-2-1-3-16-34)33-24(23)13-9-20-5-4-6-21-10-14-25(35)27(20)21;28-27(29,30)22-17-32-25(16-18-4-8-21(9-5-18)34-14-12-31-13-15-34)33-23(22)10-6-19-2-1-3-20-7-11-24(35)26(19)20;1-33-35(4)37(6)39(8)41(10)43(12)45(14)47(16)49(18)51(20)53(22)55(24)57(26)59(28)61(30)63(32)62(31)60(29)58(27)56(25)54(23)52(21)50(19)48(17)46(15)44(13)42(11)40(9)38(7)36(5)34(2)3/h4-8,11-12,18H,1-3,10,14-17H2;1-5,8-9,17,31H,7,11-16H2;/q;;-1. The molecule has 2 saturated heterocycles. The molecule has 0 bridgehead atoms. The molecule has 0 spiro atoms. The van der Waals surface area contributed by atoms with E-state index in [0.29, 0.717) is 67.6 Å². The number of ketones is 2. The van der Waals surface area contributed by atoms with Gasteiger partial charge in [-0.3, -0.25) is 9.59 Å². The van der Waals surface area contributed by atoms with E-state index in [-0.39, 0.29) is 41.0 Å². The normalized spacial score (nSPS) is 17.1. The molecule has 9 nitrogen and oxygen atoms in total. The third-order valence-electron chi connectivity index (χ3n) is 15.2. The van der Waals surface area contributed by atoms with Gasteiger partial charge in [0, 0.05) is 111 Å². The zero-order valence-electron chi connectivity index (χ0n) is 61.9. The van der Waals surface area contributed by atoms with Crippen LogP contribution < -0.4 is 28.4 Å². The SMILES string of the molecule is I[I-]I(I)I(I)I(I)I(I)I(I)I(I)I(I)I(I)I(I)I(I)I(I)I(I)I(I)I(I)I(I)I(I)I(I)I(I)I(I)I(I)I(I)I(I)I(I)I(I)I(I)I(I)I(I)I(I)I(I)I(I)I.O=C1CCc2cccc(C#Cc3nc(Cc4ccc(N5CCCCC5)cc4)ncc3C(F)(F)F)c21.O=C1CCc2cccc(C#Cc3nc(Cc4ccc(N5CCNCC5)cc4)ncc3C(F)(F)F)c21. The number of aryl methyl sites for hydroxylation is 2. The van der Waals surface area contributed by atoms with Crippen LogP contribution in [0.15, 0.2) is 97.3 Å². The number of piperazine rings is 1. The zero-order chi connectivity index (χ0) is 98.9. The van der Waals surface area contributed by atoms with Crippen molar-refractivity contribution in [3.05, 3.63) is 176 Å². The third kappa shape index (κ3) is 53.0. The van der Waals surface area contributed by atoms with Crippen LogP contribution in [0.1, 0.15) is 120 Å². The zero-order valence-corrected chi connectivity index (χ0v) is 198. The summed E-state index contributed by atoms with van der Waals surface area (Å²) in [7, 11) is -16.7. The van der Waals surface area contributed by atoms with Crippen molar-refractivity contribution in [2.24, 2.45) is 0 Å². The first-order chi connectivity index (χ1) is 62.4. The summed E-state index contributed by atoms with van der Waals surface area (Å²) in [5.41, 5.74) is 4.99. The van der Waals surface area contributed by atoms with Crippen LogP contribution in [0.2, 0.25) is 0 Å². The van der Waals surface area contributed by atoms with Gasteiger partial charge in [0.15, 0.2) is 11.6 Å². The minimum absolute atomic E-state index is 0.0303. The van der Waals surface area contributed by atoms with Gasteiger partial charge in [0.2, 0.25) is 0 Å². The Labute approximate surface area is 1190 Å². The molecular weight excluding hydrogens is 8900 g/mol. The molecule has 2 aromatic heterocycles. The number of piperidine rings is 1. The fraction of sp³-hybridized carbons (Fsp3) is 0.309. The Kier molecular flexibility index (Phi) is 99.0. The first-order valence-electron chi connectivity index (χ1n) is 32.2. The van der Waals surface area contributed by atoms with Gasteiger partial charge in [0.05, 0.1) is 0 Å².